The molecule has 2 aromatic heterocycles. The van der Waals surface area contributed by atoms with Crippen LogP contribution in [0, 0.1) is 0 Å². The number of hydrogen-bond acceptors (Lipinski definition) is 1. The highest BCUT2D eigenvalue weighted by Crippen LogP contribution is 2.57. The number of aromatic nitrogens is 1. The predicted octanol–water partition coefficient (Wildman–Crippen LogP) is 4.44. The van der Waals surface area contributed by atoms with Gasteiger partial charge in [0, 0.05) is 22.4 Å². The zero-order valence-corrected chi connectivity index (χ0v) is 11.6. The second-order valence-electron chi connectivity index (χ2n) is 5.09. The molecule has 1 aliphatic heterocycles. The molecular weight excluding hydrogens is 263 g/mol. The average Bonchev–Trinajstić information content (AvgIpc) is 2.85. The van der Waals surface area contributed by atoms with Crippen LogP contribution < -0.4 is 10.1 Å². The van der Waals surface area contributed by atoms with Gasteiger partial charge in [-0.3, -0.25) is 0 Å². The fourth-order valence-corrected chi connectivity index (χ4v) is 5.94. The molecule has 0 radical (unpaired) electrons. The van der Waals surface area contributed by atoms with E-state index < -0.39 is 7.53 Å². The van der Waals surface area contributed by atoms with Gasteiger partial charge in [-0.05, 0) is 36.5 Å². The number of nitrogens with one attached hydrogen (secondary N) is 1. The number of benzene rings is 2. The number of nitrogens with zero attached hydrogens (tertiary/aromatic N) is 1. The van der Waals surface area contributed by atoms with Gasteiger partial charge in [-0.1, -0.05) is 35.0 Å². The molecule has 0 bridgehead atoms. The molecule has 1 atom stereocenters. The fourth-order valence-electron chi connectivity index (χ4n) is 3.19. The molecule has 0 aliphatic carbocycles. The minimum atomic E-state index is -0.424. The molecule has 0 fully saturated rings. The Kier molecular flexibility index (Phi) is 1.90. The molecule has 2 nitrogen and oxygen atoms in total. The average molecular weight is 275 g/mol. The van der Waals surface area contributed by atoms with E-state index in [0.29, 0.717) is 0 Å². The first-order chi connectivity index (χ1) is 9.93. The molecule has 2 aromatic carbocycles. The minimum absolute atomic E-state index is 0.424. The summed E-state index contributed by atoms with van der Waals surface area (Å²) in [5, 5.41) is 5.75. The lowest BCUT2D eigenvalue weighted by Crippen LogP contribution is -2.44. The van der Waals surface area contributed by atoms with Gasteiger partial charge in [0.25, 0.3) is 5.44 Å². The van der Waals surface area contributed by atoms with Crippen molar-refractivity contribution in [3.63, 3.8) is 0 Å². The van der Waals surface area contributed by atoms with Crippen LogP contribution in [-0.2, 0) is 0 Å². The highest BCUT2D eigenvalue weighted by molar-refractivity contribution is 7.67. The maximum absolute atomic E-state index is 3.52. The number of hydrogen-bond donors (Lipinski definition) is 1. The summed E-state index contributed by atoms with van der Waals surface area (Å²) in [4.78, 5) is 0. The van der Waals surface area contributed by atoms with E-state index >= 15 is 0 Å². The maximum atomic E-state index is 3.52. The Morgan fingerprint density at radius 2 is 1.65 bits per heavy atom. The largest absolute Gasteiger partial charge is 0.257 e. The van der Waals surface area contributed by atoms with Gasteiger partial charge in [0.1, 0.15) is 5.69 Å². The van der Waals surface area contributed by atoms with Gasteiger partial charge in [0.2, 0.25) is 6.20 Å². The van der Waals surface area contributed by atoms with Crippen molar-refractivity contribution in [2.24, 2.45) is 0 Å². The van der Waals surface area contributed by atoms with Crippen LogP contribution in [0.4, 0.5) is 5.69 Å². The fraction of sp³-hybridized carbons (Fsp3) is 0. The zero-order valence-electron chi connectivity index (χ0n) is 10.7. The molecular formula is C17H12N2P+. The third kappa shape index (κ3) is 1.17. The van der Waals surface area contributed by atoms with Gasteiger partial charge in [0.15, 0.2) is 0 Å². The van der Waals surface area contributed by atoms with E-state index in [4.69, 9.17) is 0 Å². The first-order valence-corrected chi connectivity index (χ1v) is 8.08. The third-order valence-corrected chi connectivity index (χ3v) is 6.63. The Bertz CT molecular complexity index is 985. The van der Waals surface area contributed by atoms with E-state index in [9.17, 15) is 0 Å². The molecule has 0 saturated carbocycles. The van der Waals surface area contributed by atoms with Crippen LogP contribution in [-0.4, -0.2) is 0 Å². The first kappa shape index (κ1) is 10.5. The number of fused-ring (bicyclic) bond motifs is 5. The van der Waals surface area contributed by atoms with E-state index in [2.05, 4.69) is 77.0 Å². The van der Waals surface area contributed by atoms with Crippen LogP contribution in [0.2, 0.25) is 0 Å². The normalized spacial score (nSPS) is 13.3. The molecule has 20 heavy (non-hydrogen) atoms. The highest BCUT2D eigenvalue weighted by atomic mass is 31.1. The number of rotatable bonds is 0. The lowest BCUT2D eigenvalue weighted by molar-refractivity contribution is -0.628. The SMILES string of the molecule is c1cc[n+]2c(c1)-p1c3ccccc3c3cccc(c31)N2. The molecule has 5 rings (SSSR count). The summed E-state index contributed by atoms with van der Waals surface area (Å²) in [6.45, 7) is 0. The van der Waals surface area contributed by atoms with Crippen LogP contribution >= 0.6 is 7.53 Å². The summed E-state index contributed by atoms with van der Waals surface area (Å²) in [5.41, 5.74) is 6.13. The lowest BCUT2D eigenvalue weighted by atomic mass is 10.1. The van der Waals surface area contributed by atoms with Gasteiger partial charge in [-0.25, -0.2) is 0 Å². The summed E-state index contributed by atoms with van der Waals surface area (Å²) < 4.78 is 2.17. The van der Waals surface area contributed by atoms with Crippen molar-refractivity contribution >= 4 is 34.2 Å². The molecule has 4 aromatic rings. The summed E-state index contributed by atoms with van der Waals surface area (Å²) >= 11 is 0. The second-order valence-corrected chi connectivity index (χ2v) is 7.15. The minimum Gasteiger partial charge on any atom is -0.159 e. The third-order valence-electron chi connectivity index (χ3n) is 4.00. The Morgan fingerprint density at radius 1 is 0.800 bits per heavy atom. The quantitative estimate of drug-likeness (QED) is 0.413. The Balaban J connectivity index is 2.12. The van der Waals surface area contributed by atoms with E-state index in [1.807, 2.05) is 0 Å². The Labute approximate surface area is 117 Å². The van der Waals surface area contributed by atoms with Crippen molar-refractivity contribution in [1.82, 2.24) is 0 Å². The van der Waals surface area contributed by atoms with E-state index in [1.54, 1.807) is 0 Å². The molecule has 1 aliphatic rings. The van der Waals surface area contributed by atoms with Crippen LogP contribution in [0.15, 0.2) is 66.9 Å². The highest BCUT2D eigenvalue weighted by Gasteiger charge is 2.27. The monoisotopic (exact) mass is 275 g/mol. The Hall–Kier alpha value is -2.31. The summed E-state index contributed by atoms with van der Waals surface area (Å²) in [7, 11) is -0.424. The smallest absolute Gasteiger partial charge is 0.159 e. The molecule has 0 amide bonds. The molecule has 94 valence electrons. The van der Waals surface area contributed by atoms with Crippen molar-refractivity contribution in [3.05, 3.63) is 66.9 Å². The van der Waals surface area contributed by atoms with Gasteiger partial charge in [-0.15, -0.1) is 0 Å². The Morgan fingerprint density at radius 3 is 2.65 bits per heavy atom. The molecule has 1 N–H and O–H groups in total. The standard InChI is InChI=1S/C17H12N2P/c1-2-9-15-12(6-1)13-7-5-8-14-17(13)20(15)16-10-3-4-11-19(16)18-14/h1-11,18H/q+1. The van der Waals surface area contributed by atoms with Crippen LogP contribution in [0.5, 0.6) is 0 Å². The van der Waals surface area contributed by atoms with Gasteiger partial charge in [-0.2, -0.15) is 5.43 Å². The van der Waals surface area contributed by atoms with E-state index in [-0.39, 0.29) is 0 Å². The van der Waals surface area contributed by atoms with Crippen molar-refractivity contribution in [3.8, 4) is 5.44 Å². The van der Waals surface area contributed by atoms with Gasteiger partial charge >= 0.3 is 0 Å². The topological polar surface area (TPSA) is 15.9 Å². The van der Waals surface area contributed by atoms with Crippen molar-refractivity contribution in [2.45, 2.75) is 0 Å². The number of pyridine rings is 1. The maximum Gasteiger partial charge on any atom is 0.257 e. The molecule has 1 unspecified atom stereocenters. The molecule has 0 spiro atoms. The van der Waals surface area contributed by atoms with Crippen LogP contribution in [0.1, 0.15) is 0 Å². The van der Waals surface area contributed by atoms with Crippen molar-refractivity contribution < 1.29 is 4.68 Å². The second kappa shape index (κ2) is 3.62. The first-order valence-electron chi connectivity index (χ1n) is 6.74. The van der Waals surface area contributed by atoms with E-state index in [1.165, 1.54) is 32.1 Å². The lowest BCUT2D eigenvalue weighted by Gasteiger charge is -2.13. The van der Waals surface area contributed by atoms with Gasteiger partial charge < -0.3 is 0 Å². The summed E-state index contributed by atoms with van der Waals surface area (Å²) in [6, 6.07) is 21.8. The molecule has 3 heterocycles. The number of anilines is 1. The van der Waals surface area contributed by atoms with Gasteiger partial charge in [0.05, 0.1) is 0 Å². The molecule has 0 saturated heterocycles. The van der Waals surface area contributed by atoms with E-state index in [0.717, 1.165) is 0 Å². The van der Waals surface area contributed by atoms with Crippen molar-refractivity contribution in [1.29, 1.82) is 0 Å². The zero-order chi connectivity index (χ0) is 13.1. The summed E-state index contributed by atoms with van der Waals surface area (Å²) in [5.74, 6) is 0. The summed E-state index contributed by atoms with van der Waals surface area (Å²) in [6.07, 6.45) is 2.11. The van der Waals surface area contributed by atoms with Crippen LogP contribution in [0.25, 0.3) is 26.4 Å². The van der Waals surface area contributed by atoms with Crippen molar-refractivity contribution in [2.75, 3.05) is 5.43 Å². The van der Waals surface area contributed by atoms with Crippen LogP contribution in [0.3, 0.4) is 0 Å². The molecule has 3 heteroatoms. The predicted molar refractivity (Wildman–Crippen MR) is 84.7 cm³/mol.